The zero-order chi connectivity index (χ0) is 15.9. The predicted octanol–water partition coefficient (Wildman–Crippen LogP) is 1.52. The summed E-state index contributed by atoms with van der Waals surface area (Å²) in [5.74, 6) is -0.0629. The molecule has 0 saturated carbocycles. The van der Waals surface area contributed by atoms with E-state index in [2.05, 4.69) is 15.0 Å². The molecule has 0 aliphatic carbocycles. The van der Waals surface area contributed by atoms with Gasteiger partial charge in [-0.15, -0.1) is 0 Å². The molecule has 1 aromatic heterocycles. The summed E-state index contributed by atoms with van der Waals surface area (Å²) in [5.41, 5.74) is -0.134. The summed E-state index contributed by atoms with van der Waals surface area (Å²) in [7, 11) is 1.56. The van der Waals surface area contributed by atoms with E-state index in [-0.39, 0.29) is 23.8 Å². The molecule has 0 radical (unpaired) electrons. The molecule has 0 spiro atoms. The number of nitrogens with zero attached hydrogens (tertiary/aromatic N) is 2. The highest BCUT2D eigenvalue weighted by Crippen LogP contribution is 2.19. The molecular weight excluding hydrogens is 274 g/mol. The van der Waals surface area contributed by atoms with E-state index in [0.717, 1.165) is 0 Å². The van der Waals surface area contributed by atoms with Crippen molar-refractivity contribution in [3.63, 3.8) is 0 Å². The molecule has 0 aliphatic rings. The van der Waals surface area contributed by atoms with Crippen LogP contribution in [0.2, 0.25) is 0 Å². The number of hydrogen-bond acceptors (Lipinski definition) is 5. The average Bonchev–Trinajstić information content (AvgIpc) is 2.84. The fraction of sp³-hybridized carbons (Fsp3) is 0.643. The molecule has 7 nitrogen and oxygen atoms in total. The lowest BCUT2D eigenvalue weighted by Crippen LogP contribution is -2.41. The third-order valence-corrected chi connectivity index (χ3v) is 2.64. The normalized spacial score (nSPS) is 11.2. The molecule has 0 fully saturated rings. The van der Waals surface area contributed by atoms with Gasteiger partial charge in [0, 0.05) is 26.1 Å². The van der Waals surface area contributed by atoms with Gasteiger partial charge in [0.1, 0.15) is 6.26 Å². The Labute approximate surface area is 124 Å². The van der Waals surface area contributed by atoms with Gasteiger partial charge in [-0.3, -0.25) is 9.59 Å². The number of hydrogen-bond donors (Lipinski definition) is 1. The molecule has 0 unspecified atom stereocenters. The average molecular weight is 297 g/mol. The second kappa shape index (κ2) is 7.78. The monoisotopic (exact) mass is 297 g/mol. The Balaban J connectivity index is 2.59. The van der Waals surface area contributed by atoms with Crippen molar-refractivity contribution in [1.29, 1.82) is 0 Å². The summed E-state index contributed by atoms with van der Waals surface area (Å²) in [6, 6.07) is 1.54. The third kappa shape index (κ3) is 6.89. The van der Waals surface area contributed by atoms with Gasteiger partial charge in [-0.2, -0.15) is 0 Å². The summed E-state index contributed by atoms with van der Waals surface area (Å²) < 4.78 is 9.62. The van der Waals surface area contributed by atoms with E-state index in [4.69, 9.17) is 4.74 Å². The van der Waals surface area contributed by atoms with Crippen molar-refractivity contribution in [2.45, 2.75) is 27.2 Å². The second-order valence-electron chi connectivity index (χ2n) is 5.98. The van der Waals surface area contributed by atoms with E-state index in [1.165, 1.54) is 17.2 Å². The summed E-state index contributed by atoms with van der Waals surface area (Å²) in [6.45, 7) is 6.66. The molecule has 1 rings (SSSR count). The van der Waals surface area contributed by atoms with Crippen LogP contribution >= 0.6 is 0 Å². The zero-order valence-corrected chi connectivity index (χ0v) is 13.0. The first-order chi connectivity index (χ1) is 9.81. The molecular formula is C14H23N3O4. The van der Waals surface area contributed by atoms with E-state index < -0.39 is 0 Å². The quantitative estimate of drug-likeness (QED) is 0.825. The first-order valence-corrected chi connectivity index (χ1v) is 6.79. The van der Waals surface area contributed by atoms with Crippen molar-refractivity contribution in [1.82, 2.24) is 10.1 Å². The molecule has 1 heterocycles. The number of anilines is 1. The van der Waals surface area contributed by atoms with Gasteiger partial charge in [-0.25, -0.2) is 0 Å². The summed E-state index contributed by atoms with van der Waals surface area (Å²) in [4.78, 5) is 25.7. The molecule has 118 valence electrons. The van der Waals surface area contributed by atoms with E-state index in [0.29, 0.717) is 25.4 Å². The zero-order valence-electron chi connectivity index (χ0n) is 13.0. The Morgan fingerprint density at radius 2 is 2.14 bits per heavy atom. The number of amides is 2. The van der Waals surface area contributed by atoms with Crippen molar-refractivity contribution in [2.75, 3.05) is 32.1 Å². The number of ether oxygens (including phenoxy) is 1. The van der Waals surface area contributed by atoms with Crippen molar-refractivity contribution in [2.24, 2.45) is 5.41 Å². The molecule has 0 aliphatic heterocycles. The molecule has 0 atom stereocenters. The smallest absolute Gasteiger partial charge is 0.245 e. The highest BCUT2D eigenvalue weighted by molar-refractivity contribution is 5.93. The fourth-order valence-electron chi connectivity index (χ4n) is 1.69. The molecule has 21 heavy (non-hydrogen) atoms. The van der Waals surface area contributed by atoms with Gasteiger partial charge in [0.2, 0.25) is 11.8 Å². The molecule has 0 aromatic carbocycles. The van der Waals surface area contributed by atoms with Crippen molar-refractivity contribution >= 4 is 17.6 Å². The molecule has 0 saturated heterocycles. The largest absolute Gasteiger partial charge is 0.383 e. The van der Waals surface area contributed by atoms with Crippen LogP contribution in [0.15, 0.2) is 16.9 Å². The van der Waals surface area contributed by atoms with Crippen LogP contribution in [0.3, 0.4) is 0 Å². The Morgan fingerprint density at radius 1 is 1.43 bits per heavy atom. The van der Waals surface area contributed by atoms with Gasteiger partial charge < -0.3 is 19.5 Å². The first kappa shape index (κ1) is 17.2. The maximum atomic E-state index is 12.3. The molecule has 1 N–H and O–H groups in total. The molecule has 1 aromatic rings. The lowest BCUT2D eigenvalue weighted by molar-refractivity contribution is -0.136. The van der Waals surface area contributed by atoms with Crippen LogP contribution in [0.4, 0.5) is 5.82 Å². The van der Waals surface area contributed by atoms with Crippen LogP contribution < -0.4 is 5.32 Å². The maximum absolute atomic E-state index is 12.3. The predicted molar refractivity (Wildman–Crippen MR) is 77.7 cm³/mol. The van der Waals surface area contributed by atoms with Crippen LogP contribution in [0.25, 0.3) is 0 Å². The Morgan fingerprint density at radius 3 is 2.67 bits per heavy atom. The minimum Gasteiger partial charge on any atom is -0.383 e. The van der Waals surface area contributed by atoms with E-state index in [1.807, 2.05) is 20.8 Å². The second-order valence-corrected chi connectivity index (χ2v) is 5.98. The third-order valence-electron chi connectivity index (χ3n) is 2.64. The highest BCUT2D eigenvalue weighted by Gasteiger charge is 2.23. The molecule has 7 heteroatoms. The highest BCUT2D eigenvalue weighted by atomic mass is 16.5. The van der Waals surface area contributed by atoms with Gasteiger partial charge in [0.05, 0.1) is 13.2 Å². The van der Waals surface area contributed by atoms with E-state index >= 15 is 0 Å². The van der Waals surface area contributed by atoms with Gasteiger partial charge in [0.15, 0.2) is 5.82 Å². The maximum Gasteiger partial charge on any atom is 0.245 e. The lowest BCUT2D eigenvalue weighted by atomic mass is 9.91. The van der Waals surface area contributed by atoms with Crippen molar-refractivity contribution < 1.29 is 18.8 Å². The minimum absolute atomic E-state index is 0.0366. The van der Waals surface area contributed by atoms with Gasteiger partial charge in [-0.1, -0.05) is 25.9 Å². The van der Waals surface area contributed by atoms with Gasteiger partial charge in [0.25, 0.3) is 0 Å². The van der Waals surface area contributed by atoms with Crippen molar-refractivity contribution in [3.8, 4) is 0 Å². The number of carbonyl (C=O) groups is 2. The van der Waals surface area contributed by atoms with Crippen LogP contribution in [0.1, 0.15) is 27.2 Å². The van der Waals surface area contributed by atoms with Gasteiger partial charge >= 0.3 is 0 Å². The first-order valence-electron chi connectivity index (χ1n) is 6.79. The number of methoxy groups -OCH3 is 1. The van der Waals surface area contributed by atoms with Crippen LogP contribution in [0, 0.1) is 5.41 Å². The molecule has 0 bridgehead atoms. The SMILES string of the molecule is COCCN(CC(=O)Nc1ccon1)C(=O)CC(C)(C)C. The lowest BCUT2D eigenvalue weighted by Gasteiger charge is -2.26. The fourth-order valence-corrected chi connectivity index (χ4v) is 1.69. The van der Waals surface area contributed by atoms with E-state index in [9.17, 15) is 9.59 Å². The standard InChI is InChI=1S/C14H23N3O4/c1-14(2,3)9-13(19)17(6-8-20-4)10-12(18)15-11-5-7-21-16-11/h5,7H,6,8-10H2,1-4H3,(H,15,16,18). The van der Waals surface area contributed by atoms with Crippen LogP contribution in [0.5, 0.6) is 0 Å². The van der Waals surface area contributed by atoms with Gasteiger partial charge in [-0.05, 0) is 5.41 Å². The van der Waals surface area contributed by atoms with E-state index in [1.54, 1.807) is 7.11 Å². The number of carbonyl (C=O) groups excluding carboxylic acids is 2. The topological polar surface area (TPSA) is 84.7 Å². The van der Waals surface area contributed by atoms with Crippen molar-refractivity contribution in [3.05, 3.63) is 12.3 Å². The summed E-state index contributed by atoms with van der Waals surface area (Å²) in [5, 5.41) is 6.16. The van der Waals surface area contributed by atoms with Crippen LogP contribution in [-0.4, -0.2) is 48.7 Å². The Kier molecular flexibility index (Phi) is 6.36. The Bertz CT molecular complexity index is 451. The Hall–Kier alpha value is -1.89. The number of rotatable bonds is 7. The number of aromatic nitrogens is 1. The summed E-state index contributed by atoms with van der Waals surface area (Å²) in [6.07, 6.45) is 1.73. The molecule has 2 amide bonds. The van der Waals surface area contributed by atoms with Crippen LogP contribution in [-0.2, 0) is 14.3 Å². The minimum atomic E-state index is -0.317. The number of nitrogens with one attached hydrogen (secondary N) is 1. The summed E-state index contributed by atoms with van der Waals surface area (Å²) >= 11 is 0.